The Labute approximate surface area is 143 Å². The Morgan fingerprint density at radius 1 is 1.08 bits per heavy atom. The van der Waals surface area contributed by atoms with Crippen molar-refractivity contribution in [3.8, 4) is 5.75 Å². The van der Waals surface area contributed by atoms with Crippen molar-refractivity contribution >= 4 is 35.1 Å². The van der Waals surface area contributed by atoms with Crippen molar-refractivity contribution < 1.29 is 27.5 Å². The second kappa shape index (κ2) is 6.83. The molecule has 2 aromatic rings. The van der Waals surface area contributed by atoms with Gasteiger partial charge in [0, 0.05) is 0 Å². The lowest BCUT2D eigenvalue weighted by Gasteiger charge is -2.09. The molecule has 0 atom stereocenters. The highest BCUT2D eigenvalue weighted by Gasteiger charge is 2.35. The largest absolute Gasteiger partial charge is 0.506 e. The fraction of sp³-hybridized carbons (Fsp3) is 0.0625. The van der Waals surface area contributed by atoms with Crippen LogP contribution in [0.1, 0.15) is 21.5 Å². The number of benzene rings is 2. The molecule has 2 rings (SSSR count). The number of aromatic hydroxyl groups is 1. The van der Waals surface area contributed by atoms with E-state index in [1.807, 2.05) is 0 Å². The summed E-state index contributed by atoms with van der Waals surface area (Å²) in [5, 5.41) is 9.17. The molecule has 0 aliphatic carbocycles. The number of hydrogen-bond donors (Lipinski definition) is 1. The van der Waals surface area contributed by atoms with Crippen molar-refractivity contribution in [1.82, 2.24) is 0 Å². The van der Waals surface area contributed by atoms with Crippen LogP contribution < -0.4 is 0 Å². The van der Waals surface area contributed by atoms with E-state index in [1.165, 1.54) is 12.1 Å². The molecule has 0 unspecified atom stereocenters. The molecule has 0 bridgehead atoms. The van der Waals surface area contributed by atoms with Crippen LogP contribution in [0.5, 0.6) is 5.75 Å². The Balaban J connectivity index is 2.36. The van der Waals surface area contributed by atoms with Crippen LogP contribution >= 0.6 is 23.2 Å². The number of phenolic OH excluding ortho intramolecular Hbond substituents is 1. The normalized spacial score (nSPS) is 11.9. The molecule has 2 nitrogen and oxygen atoms in total. The first-order valence-electron chi connectivity index (χ1n) is 6.38. The molecular formula is C16H8Cl2F4O2. The predicted octanol–water partition coefficient (Wildman–Crippen LogP) is 5.75. The fourth-order valence-electron chi connectivity index (χ4n) is 1.88. The topological polar surface area (TPSA) is 37.3 Å². The van der Waals surface area contributed by atoms with Gasteiger partial charge in [0.15, 0.2) is 5.78 Å². The molecule has 0 aliphatic heterocycles. The summed E-state index contributed by atoms with van der Waals surface area (Å²) in [6.07, 6.45) is -2.87. The summed E-state index contributed by atoms with van der Waals surface area (Å²) in [6, 6.07) is 5.01. The van der Waals surface area contributed by atoms with Crippen molar-refractivity contribution in [2.45, 2.75) is 6.18 Å². The number of alkyl halides is 3. The highest BCUT2D eigenvalue weighted by Crippen LogP contribution is 2.35. The minimum absolute atomic E-state index is 0.0507. The summed E-state index contributed by atoms with van der Waals surface area (Å²) in [7, 11) is 0. The molecule has 0 amide bonds. The number of hydrogen-bond acceptors (Lipinski definition) is 2. The second-order valence-electron chi connectivity index (χ2n) is 4.66. The number of carbonyl (C=O) groups excluding carboxylic acids is 1. The molecule has 2 aromatic carbocycles. The van der Waals surface area contributed by atoms with Gasteiger partial charge in [-0.05, 0) is 42.0 Å². The third-order valence-corrected chi connectivity index (χ3v) is 3.96. The van der Waals surface area contributed by atoms with Gasteiger partial charge in [-0.3, -0.25) is 4.79 Å². The van der Waals surface area contributed by atoms with E-state index >= 15 is 0 Å². The van der Waals surface area contributed by atoms with E-state index in [0.717, 1.165) is 24.3 Å². The molecule has 1 N–H and O–H groups in total. The van der Waals surface area contributed by atoms with Gasteiger partial charge in [0.05, 0.1) is 16.1 Å². The molecule has 24 heavy (non-hydrogen) atoms. The Morgan fingerprint density at radius 3 is 2.38 bits per heavy atom. The maximum absolute atomic E-state index is 13.9. The molecule has 0 aromatic heterocycles. The lowest BCUT2D eigenvalue weighted by molar-refractivity contribution is -0.140. The van der Waals surface area contributed by atoms with E-state index in [1.54, 1.807) is 0 Å². The minimum atomic E-state index is -4.90. The molecule has 8 heteroatoms. The summed E-state index contributed by atoms with van der Waals surface area (Å²) < 4.78 is 51.8. The molecule has 0 spiro atoms. The van der Waals surface area contributed by atoms with E-state index in [9.17, 15) is 27.5 Å². The first-order chi connectivity index (χ1) is 11.1. The maximum atomic E-state index is 13.9. The van der Waals surface area contributed by atoms with Crippen LogP contribution in [0, 0.1) is 5.82 Å². The first kappa shape index (κ1) is 18.3. The van der Waals surface area contributed by atoms with E-state index in [-0.39, 0.29) is 21.4 Å². The lowest BCUT2D eigenvalue weighted by Crippen LogP contribution is -2.11. The standard InChI is InChI=1S/C16H8Cl2F4O2/c17-13-8(5-7-12(24)14(13)18)4-6-11(23)9-2-1-3-10(15(9)19)16(20,21)22/h1-7,24H. The molecular weight excluding hydrogens is 371 g/mol. The van der Waals surface area contributed by atoms with Gasteiger partial charge in [0.25, 0.3) is 0 Å². The average Bonchev–Trinajstić information content (AvgIpc) is 2.50. The number of rotatable bonds is 3. The van der Waals surface area contributed by atoms with Gasteiger partial charge in [0.2, 0.25) is 0 Å². The monoisotopic (exact) mass is 378 g/mol. The molecule has 0 radical (unpaired) electrons. The molecule has 0 saturated heterocycles. The minimum Gasteiger partial charge on any atom is -0.506 e. The maximum Gasteiger partial charge on any atom is 0.419 e. The number of carbonyl (C=O) groups is 1. The van der Waals surface area contributed by atoms with Crippen LogP contribution in [0.15, 0.2) is 36.4 Å². The van der Waals surface area contributed by atoms with Gasteiger partial charge in [-0.1, -0.05) is 29.3 Å². The van der Waals surface area contributed by atoms with Crippen molar-refractivity contribution in [3.05, 3.63) is 69.0 Å². The van der Waals surface area contributed by atoms with Crippen LogP contribution in [0.2, 0.25) is 10.0 Å². The quantitative estimate of drug-likeness (QED) is 0.419. The molecule has 0 fully saturated rings. The van der Waals surface area contributed by atoms with Gasteiger partial charge in [0.1, 0.15) is 16.6 Å². The van der Waals surface area contributed by atoms with Crippen LogP contribution in [-0.4, -0.2) is 10.9 Å². The summed E-state index contributed by atoms with van der Waals surface area (Å²) in [5.74, 6) is -2.89. The second-order valence-corrected chi connectivity index (χ2v) is 5.42. The smallest absolute Gasteiger partial charge is 0.419 e. The van der Waals surface area contributed by atoms with Gasteiger partial charge in [-0.2, -0.15) is 13.2 Å². The number of halogens is 6. The Bertz CT molecular complexity index is 830. The third kappa shape index (κ3) is 3.71. The van der Waals surface area contributed by atoms with Crippen LogP contribution in [-0.2, 0) is 6.18 Å². The zero-order valence-corrected chi connectivity index (χ0v) is 13.2. The predicted molar refractivity (Wildman–Crippen MR) is 82.9 cm³/mol. The Hall–Kier alpha value is -2.05. The van der Waals surface area contributed by atoms with Crippen molar-refractivity contribution in [3.63, 3.8) is 0 Å². The van der Waals surface area contributed by atoms with E-state index in [2.05, 4.69) is 0 Å². The third-order valence-electron chi connectivity index (χ3n) is 3.08. The van der Waals surface area contributed by atoms with E-state index in [4.69, 9.17) is 23.2 Å². The van der Waals surface area contributed by atoms with Crippen molar-refractivity contribution in [1.29, 1.82) is 0 Å². The Morgan fingerprint density at radius 2 is 1.75 bits per heavy atom. The molecule has 126 valence electrons. The highest BCUT2D eigenvalue weighted by molar-refractivity contribution is 6.43. The summed E-state index contributed by atoms with van der Waals surface area (Å²) in [4.78, 5) is 12.0. The SMILES string of the molecule is O=C(C=Cc1ccc(O)c(Cl)c1Cl)c1cccc(C(F)(F)F)c1F. The molecule has 0 aliphatic rings. The first-order valence-corrected chi connectivity index (χ1v) is 7.13. The van der Waals surface area contributed by atoms with Gasteiger partial charge >= 0.3 is 6.18 Å². The summed E-state index contributed by atoms with van der Waals surface area (Å²) >= 11 is 11.6. The van der Waals surface area contributed by atoms with Crippen LogP contribution in [0.4, 0.5) is 17.6 Å². The van der Waals surface area contributed by atoms with E-state index < -0.39 is 28.9 Å². The number of ketones is 1. The van der Waals surface area contributed by atoms with Crippen molar-refractivity contribution in [2.24, 2.45) is 0 Å². The lowest BCUT2D eigenvalue weighted by atomic mass is 10.0. The zero-order chi connectivity index (χ0) is 18.1. The van der Waals surface area contributed by atoms with Crippen molar-refractivity contribution in [2.75, 3.05) is 0 Å². The number of allylic oxidation sites excluding steroid dienone is 1. The van der Waals surface area contributed by atoms with Gasteiger partial charge < -0.3 is 5.11 Å². The molecule has 0 saturated carbocycles. The van der Waals surface area contributed by atoms with E-state index in [0.29, 0.717) is 6.07 Å². The van der Waals surface area contributed by atoms with Gasteiger partial charge in [-0.25, -0.2) is 4.39 Å². The zero-order valence-electron chi connectivity index (χ0n) is 11.7. The van der Waals surface area contributed by atoms with Crippen LogP contribution in [0.3, 0.4) is 0 Å². The summed E-state index contributed by atoms with van der Waals surface area (Å²) in [6.45, 7) is 0. The highest BCUT2D eigenvalue weighted by atomic mass is 35.5. The Kier molecular flexibility index (Phi) is 5.20. The van der Waals surface area contributed by atoms with Gasteiger partial charge in [-0.15, -0.1) is 0 Å². The van der Waals surface area contributed by atoms with Crippen LogP contribution in [0.25, 0.3) is 6.08 Å². The average molecular weight is 379 g/mol. The molecule has 0 heterocycles. The number of phenols is 1. The fourth-order valence-corrected chi connectivity index (χ4v) is 2.27. The summed E-state index contributed by atoms with van der Waals surface area (Å²) in [5.41, 5.74) is -2.00.